The van der Waals surface area contributed by atoms with Gasteiger partial charge in [0.2, 0.25) is 5.91 Å². The molecule has 1 aliphatic rings. The molecule has 0 atom stereocenters. The maximum Gasteiger partial charge on any atom is 0.263 e. The number of benzene rings is 2. The Kier molecular flexibility index (Phi) is 4.49. The van der Waals surface area contributed by atoms with Gasteiger partial charge in [0.25, 0.3) is 10.0 Å². The van der Waals surface area contributed by atoms with Gasteiger partial charge >= 0.3 is 0 Å². The van der Waals surface area contributed by atoms with Crippen LogP contribution in [-0.2, 0) is 14.8 Å². The molecule has 0 saturated carbocycles. The summed E-state index contributed by atoms with van der Waals surface area (Å²) < 4.78 is 26.2. The van der Waals surface area contributed by atoms with E-state index in [9.17, 15) is 13.2 Å². The van der Waals surface area contributed by atoms with Crippen LogP contribution in [0.5, 0.6) is 0 Å². The first-order chi connectivity index (χ1) is 11.4. The number of anilines is 1. The third-order valence-electron chi connectivity index (χ3n) is 3.25. The zero-order chi connectivity index (χ0) is 17.3. The van der Waals surface area contributed by atoms with Gasteiger partial charge in [-0.05, 0) is 30.3 Å². The molecule has 6 nitrogen and oxygen atoms in total. The van der Waals surface area contributed by atoms with Crippen LogP contribution in [0.25, 0.3) is 0 Å². The van der Waals surface area contributed by atoms with Crippen LogP contribution in [0, 0.1) is 0 Å². The van der Waals surface area contributed by atoms with E-state index >= 15 is 0 Å². The summed E-state index contributed by atoms with van der Waals surface area (Å²) in [4.78, 5) is 16.2. The van der Waals surface area contributed by atoms with Crippen molar-refractivity contribution in [2.75, 3.05) is 11.9 Å². The first kappa shape index (κ1) is 16.8. The standard InChI is InChI=1S/C15H11Cl2N3O3S/c16-11-6-5-9(7-12(11)17)19-14(21)8-18-15-10-3-1-2-4-13(10)24(22,23)20-15/h1-7H,8H2,(H,18,20)(H,19,21). The number of nitrogens with one attached hydrogen (secondary N) is 2. The van der Waals surface area contributed by atoms with Crippen molar-refractivity contribution in [1.29, 1.82) is 0 Å². The fourth-order valence-electron chi connectivity index (χ4n) is 2.18. The van der Waals surface area contributed by atoms with Crippen molar-refractivity contribution in [3.05, 3.63) is 58.1 Å². The second kappa shape index (κ2) is 6.43. The third-order valence-corrected chi connectivity index (χ3v) is 5.38. The minimum atomic E-state index is -3.62. The maximum absolute atomic E-state index is 12.0. The molecule has 2 aromatic carbocycles. The van der Waals surface area contributed by atoms with E-state index in [2.05, 4.69) is 15.0 Å². The number of hydrogen-bond donors (Lipinski definition) is 2. The second-order valence-electron chi connectivity index (χ2n) is 4.94. The lowest BCUT2D eigenvalue weighted by atomic mass is 10.2. The quantitative estimate of drug-likeness (QED) is 0.853. The van der Waals surface area contributed by atoms with Crippen LogP contribution < -0.4 is 10.0 Å². The van der Waals surface area contributed by atoms with Gasteiger partial charge in [-0.15, -0.1) is 0 Å². The highest BCUT2D eigenvalue weighted by molar-refractivity contribution is 7.90. The molecule has 9 heteroatoms. The number of fused-ring (bicyclic) bond motifs is 1. The van der Waals surface area contributed by atoms with Crippen molar-refractivity contribution in [2.24, 2.45) is 4.99 Å². The minimum absolute atomic E-state index is 0.147. The average Bonchev–Trinajstić information content (AvgIpc) is 2.80. The lowest BCUT2D eigenvalue weighted by Crippen LogP contribution is -2.24. The van der Waals surface area contributed by atoms with Crippen LogP contribution in [0.15, 0.2) is 52.4 Å². The SMILES string of the molecule is O=C(CN=C1NS(=O)(=O)c2ccccc21)Nc1ccc(Cl)c(Cl)c1. The molecular formula is C15H11Cl2N3O3S. The molecule has 24 heavy (non-hydrogen) atoms. The summed E-state index contributed by atoms with van der Waals surface area (Å²) in [7, 11) is -3.62. The number of carbonyl (C=O) groups excluding carboxylic acids is 1. The highest BCUT2D eigenvalue weighted by Gasteiger charge is 2.30. The van der Waals surface area contributed by atoms with Gasteiger partial charge < -0.3 is 5.32 Å². The molecule has 1 amide bonds. The van der Waals surface area contributed by atoms with Gasteiger partial charge in [0, 0.05) is 11.3 Å². The van der Waals surface area contributed by atoms with Crippen molar-refractivity contribution in [2.45, 2.75) is 4.90 Å². The average molecular weight is 384 g/mol. The Labute approximate surface area is 148 Å². The number of halogens is 2. The minimum Gasteiger partial charge on any atom is -0.324 e. The molecule has 0 saturated heterocycles. The van der Waals surface area contributed by atoms with E-state index in [1.54, 1.807) is 30.3 Å². The van der Waals surface area contributed by atoms with E-state index in [4.69, 9.17) is 23.2 Å². The summed E-state index contributed by atoms with van der Waals surface area (Å²) in [5.74, 6) is -0.264. The third kappa shape index (κ3) is 3.38. The summed E-state index contributed by atoms with van der Waals surface area (Å²) in [6, 6.07) is 11.1. The highest BCUT2D eigenvalue weighted by Crippen LogP contribution is 2.25. The van der Waals surface area contributed by atoms with Crippen LogP contribution in [-0.4, -0.2) is 26.7 Å². The number of amides is 1. The molecule has 2 aromatic rings. The van der Waals surface area contributed by atoms with Crippen molar-refractivity contribution in [3.63, 3.8) is 0 Å². The van der Waals surface area contributed by atoms with E-state index in [1.807, 2.05) is 0 Å². The van der Waals surface area contributed by atoms with Crippen molar-refractivity contribution >= 4 is 50.7 Å². The molecule has 0 spiro atoms. The molecule has 0 aromatic heterocycles. The van der Waals surface area contributed by atoms with Gasteiger partial charge in [0.05, 0.1) is 14.9 Å². The molecule has 0 fully saturated rings. The van der Waals surface area contributed by atoms with Gasteiger partial charge in [-0.25, -0.2) is 8.42 Å². The molecule has 0 aliphatic carbocycles. The van der Waals surface area contributed by atoms with Crippen molar-refractivity contribution in [3.8, 4) is 0 Å². The van der Waals surface area contributed by atoms with Gasteiger partial charge in [-0.3, -0.25) is 14.5 Å². The van der Waals surface area contributed by atoms with Gasteiger partial charge in [0.15, 0.2) is 0 Å². The van der Waals surface area contributed by atoms with Crippen molar-refractivity contribution in [1.82, 2.24) is 4.72 Å². The zero-order valence-corrected chi connectivity index (χ0v) is 14.4. The Balaban J connectivity index is 1.74. The Morgan fingerprint density at radius 1 is 1.12 bits per heavy atom. The zero-order valence-electron chi connectivity index (χ0n) is 12.1. The van der Waals surface area contributed by atoms with Gasteiger partial charge in [-0.1, -0.05) is 35.3 Å². The summed E-state index contributed by atoms with van der Waals surface area (Å²) >= 11 is 11.7. The smallest absolute Gasteiger partial charge is 0.263 e. The Bertz CT molecular complexity index is 958. The Hall–Kier alpha value is -2.09. The first-order valence-corrected chi connectivity index (χ1v) is 9.02. The van der Waals surface area contributed by atoms with Crippen molar-refractivity contribution < 1.29 is 13.2 Å². The molecule has 1 aliphatic heterocycles. The summed E-state index contributed by atoms with van der Waals surface area (Å²) in [5.41, 5.74) is 0.918. The van der Waals surface area contributed by atoms with E-state index in [1.165, 1.54) is 12.1 Å². The lowest BCUT2D eigenvalue weighted by Gasteiger charge is -2.05. The second-order valence-corrected chi connectivity index (χ2v) is 7.41. The van der Waals surface area contributed by atoms with Crippen LogP contribution >= 0.6 is 23.2 Å². The molecule has 3 rings (SSSR count). The molecule has 124 valence electrons. The normalized spacial score (nSPS) is 16.5. The highest BCUT2D eigenvalue weighted by atomic mass is 35.5. The fraction of sp³-hybridized carbons (Fsp3) is 0.0667. The number of hydrogen-bond acceptors (Lipinski definition) is 4. The molecule has 2 N–H and O–H groups in total. The van der Waals surface area contributed by atoms with E-state index in [-0.39, 0.29) is 17.3 Å². The molecular weight excluding hydrogens is 373 g/mol. The number of nitrogens with zero attached hydrogens (tertiary/aromatic N) is 1. The number of carbonyl (C=O) groups is 1. The van der Waals surface area contributed by atoms with Crippen LogP contribution in [0.4, 0.5) is 5.69 Å². The Morgan fingerprint density at radius 2 is 1.88 bits per heavy atom. The molecule has 0 bridgehead atoms. The predicted molar refractivity (Wildman–Crippen MR) is 93.3 cm³/mol. The van der Waals surface area contributed by atoms with Gasteiger partial charge in [0.1, 0.15) is 12.4 Å². The van der Waals surface area contributed by atoms with E-state index in [0.29, 0.717) is 21.3 Å². The van der Waals surface area contributed by atoms with E-state index < -0.39 is 15.9 Å². The molecule has 0 unspecified atom stereocenters. The van der Waals surface area contributed by atoms with Crippen LogP contribution in [0.3, 0.4) is 0 Å². The Morgan fingerprint density at radius 3 is 2.62 bits per heavy atom. The molecule has 0 radical (unpaired) electrons. The fourth-order valence-corrected chi connectivity index (χ4v) is 3.73. The maximum atomic E-state index is 12.0. The lowest BCUT2D eigenvalue weighted by molar-refractivity contribution is -0.114. The van der Waals surface area contributed by atoms with E-state index in [0.717, 1.165) is 0 Å². The topological polar surface area (TPSA) is 87.6 Å². The van der Waals surface area contributed by atoms with Crippen LogP contribution in [0.2, 0.25) is 10.0 Å². The number of aliphatic imine (C=N–C) groups is 1. The summed E-state index contributed by atoms with van der Waals surface area (Å²) in [6.45, 7) is -0.244. The summed E-state index contributed by atoms with van der Waals surface area (Å²) in [6.07, 6.45) is 0. The van der Waals surface area contributed by atoms with Crippen LogP contribution in [0.1, 0.15) is 5.56 Å². The molecule has 1 heterocycles. The van der Waals surface area contributed by atoms with Gasteiger partial charge in [-0.2, -0.15) is 0 Å². The monoisotopic (exact) mass is 383 g/mol. The summed E-state index contributed by atoms with van der Waals surface area (Å²) in [5, 5.41) is 3.31. The number of rotatable bonds is 3. The number of amidine groups is 1. The first-order valence-electron chi connectivity index (χ1n) is 6.78. The largest absolute Gasteiger partial charge is 0.324 e. The predicted octanol–water partition coefficient (Wildman–Crippen LogP) is 2.67. The number of sulfonamides is 1.